The molecule has 0 aromatic heterocycles. The number of anilines is 1. The maximum Gasteiger partial charge on any atom is 0.319 e. The van der Waals surface area contributed by atoms with Crippen LogP contribution in [0.5, 0.6) is 0 Å². The van der Waals surface area contributed by atoms with Gasteiger partial charge in [-0.15, -0.1) is 0 Å². The van der Waals surface area contributed by atoms with Crippen molar-refractivity contribution in [1.29, 1.82) is 0 Å². The zero-order chi connectivity index (χ0) is 15.7. The summed E-state index contributed by atoms with van der Waals surface area (Å²) in [5, 5.41) is 9.29. The first-order chi connectivity index (χ1) is 10.1. The maximum atomic E-state index is 12.0. The largest absolute Gasteiger partial charge is 0.334 e. The molecule has 0 fully saturated rings. The van der Waals surface area contributed by atoms with Gasteiger partial charge < -0.3 is 16.0 Å². The van der Waals surface area contributed by atoms with Gasteiger partial charge in [-0.2, -0.15) is 11.8 Å². The van der Waals surface area contributed by atoms with E-state index in [-0.39, 0.29) is 18.1 Å². The summed E-state index contributed by atoms with van der Waals surface area (Å²) >= 11 is 1.74. The molecule has 0 aliphatic heterocycles. The minimum Gasteiger partial charge on any atom is -0.334 e. The van der Waals surface area contributed by atoms with Crippen LogP contribution in [0.15, 0.2) is 24.3 Å². The van der Waals surface area contributed by atoms with Gasteiger partial charge in [-0.25, -0.2) is 4.79 Å². The molecule has 2 unspecified atom stereocenters. The number of urea groups is 1. The van der Waals surface area contributed by atoms with Crippen LogP contribution in [0.4, 0.5) is 10.5 Å². The van der Waals surface area contributed by atoms with Crippen molar-refractivity contribution in [3.8, 4) is 0 Å². The third-order valence-electron chi connectivity index (χ3n) is 3.35. The maximum absolute atomic E-state index is 12.0. The standard InChI is InChI=1S/C16H27N3OS/c1-5-14(11-21-4)18-16(20)19-15-9-7-8-13(10-15)12(3)17-6-2/h7-10,12,14,17H,5-6,11H2,1-4H3,(H2,18,19,20). The highest BCUT2D eigenvalue weighted by atomic mass is 32.2. The lowest BCUT2D eigenvalue weighted by Crippen LogP contribution is -2.39. The van der Waals surface area contributed by atoms with E-state index < -0.39 is 0 Å². The number of nitrogens with one attached hydrogen (secondary N) is 3. The van der Waals surface area contributed by atoms with Crippen LogP contribution >= 0.6 is 11.8 Å². The van der Waals surface area contributed by atoms with Crippen LogP contribution in [0.1, 0.15) is 38.8 Å². The van der Waals surface area contributed by atoms with E-state index in [4.69, 9.17) is 0 Å². The first-order valence-corrected chi connectivity index (χ1v) is 8.89. The number of thioether (sulfide) groups is 1. The molecule has 1 aromatic rings. The number of carbonyl (C=O) groups is 1. The SMILES string of the molecule is CCNC(C)c1cccc(NC(=O)NC(CC)CSC)c1. The van der Waals surface area contributed by atoms with Crippen molar-refractivity contribution in [2.75, 3.05) is 23.9 Å². The van der Waals surface area contributed by atoms with Crippen LogP contribution in [0.3, 0.4) is 0 Å². The molecular formula is C16H27N3OS. The Hall–Kier alpha value is -1.20. The molecular weight excluding hydrogens is 282 g/mol. The molecule has 4 nitrogen and oxygen atoms in total. The average Bonchev–Trinajstić information content (AvgIpc) is 2.47. The van der Waals surface area contributed by atoms with E-state index in [9.17, 15) is 4.79 Å². The second-order valence-electron chi connectivity index (χ2n) is 5.06. The molecule has 5 heteroatoms. The van der Waals surface area contributed by atoms with Gasteiger partial charge in [-0.1, -0.05) is 26.0 Å². The second kappa shape index (κ2) is 9.68. The monoisotopic (exact) mass is 309 g/mol. The fourth-order valence-electron chi connectivity index (χ4n) is 2.13. The molecule has 1 aromatic carbocycles. The number of hydrogen-bond donors (Lipinski definition) is 3. The summed E-state index contributed by atoms with van der Waals surface area (Å²) in [7, 11) is 0. The Morgan fingerprint density at radius 2 is 2.10 bits per heavy atom. The van der Waals surface area contributed by atoms with Crippen molar-refractivity contribution in [3.63, 3.8) is 0 Å². The second-order valence-corrected chi connectivity index (χ2v) is 5.97. The van der Waals surface area contributed by atoms with E-state index >= 15 is 0 Å². The molecule has 0 saturated heterocycles. The molecule has 0 heterocycles. The van der Waals surface area contributed by atoms with E-state index in [1.807, 2.05) is 24.5 Å². The highest BCUT2D eigenvalue weighted by molar-refractivity contribution is 7.98. The van der Waals surface area contributed by atoms with E-state index in [2.05, 4.69) is 42.8 Å². The number of carbonyl (C=O) groups excluding carboxylic acids is 1. The van der Waals surface area contributed by atoms with Crippen molar-refractivity contribution in [2.45, 2.75) is 39.3 Å². The van der Waals surface area contributed by atoms with Gasteiger partial charge in [-0.05, 0) is 43.8 Å². The molecule has 0 radical (unpaired) electrons. The third-order valence-corrected chi connectivity index (χ3v) is 4.09. The Morgan fingerprint density at radius 3 is 2.71 bits per heavy atom. The molecule has 0 saturated carbocycles. The van der Waals surface area contributed by atoms with E-state index in [1.54, 1.807) is 11.8 Å². The molecule has 1 rings (SSSR count). The number of rotatable bonds is 8. The van der Waals surface area contributed by atoms with Crippen molar-refractivity contribution in [1.82, 2.24) is 10.6 Å². The summed E-state index contributed by atoms with van der Waals surface area (Å²) in [5.41, 5.74) is 2.00. The Bertz CT molecular complexity index is 439. The molecule has 0 aliphatic rings. The van der Waals surface area contributed by atoms with E-state index in [0.29, 0.717) is 0 Å². The molecule has 118 valence electrons. The minimum absolute atomic E-state index is 0.135. The molecule has 21 heavy (non-hydrogen) atoms. The lowest BCUT2D eigenvalue weighted by molar-refractivity contribution is 0.249. The predicted molar refractivity (Wildman–Crippen MR) is 93.1 cm³/mol. The van der Waals surface area contributed by atoms with Crippen LogP contribution in [-0.2, 0) is 0 Å². The van der Waals surface area contributed by atoms with Gasteiger partial charge in [0.15, 0.2) is 0 Å². The quantitative estimate of drug-likeness (QED) is 0.687. The van der Waals surface area contributed by atoms with Crippen molar-refractivity contribution < 1.29 is 4.79 Å². The first-order valence-electron chi connectivity index (χ1n) is 7.50. The first kappa shape index (κ1) is 17.9. The molecule has 0 aliphatic carbocycles. The van der Waals surface area contributed by atoms with Gasteiger partial charge in [0.05, 0.1) is 0 Å². The summed E-state index contributed by atoms with van der Waals surface area (Å²) in [6, 6.07) is 8.32. The van der Waals surface area contributed by atoms with E-state index in [1.165, 1.54) is 5.56 Å². The summed E-state index contributed by atoms with van der Waals surface area (Å²) in [4.78, 5) is 12.0. The average molecular weight is 309 g/mol. The fourth-order valence-corrected chi connectivity index (χ4v) is 2.85. The van der Waals surface area contributed by atoms with Gasteiger partial charge in [0.2, 0.25) is 0 Å². The topological polar surface area (TPSA) is 53.2 Å². The van der Waals surface area contributed by atoms with Crippen LogP contribution in [-0.4, -0.2) is 30.6 Å². The van der Waals surface area contributed by atoms with Gasteiger partial charge in [0.25, 0.3) is 0 Å². The van der Waals surface area contributed by atoms with Gasteiger partial charge in [0, 0.05) is 23.5 Å². The van der Waals surface area contributed by atoms with Crippen molar-refractivity contribution >= 4 is 23.5 Å². The van der Waals surface area contributed by atoms with Crippen LogP contribution < -0.4 is 16.0 Å². The van der Waals surface area contributed by atoms with Crippen molar-refractivity contribution in [3.05, 3.63) is 29.8 Å². The lowest BCUT2D eigenvalue weighted by Gasteiger charge is -2.17. The minimum atomic E-state index is -0.135. The number of amides is 2. The molecule has 0 spiro atoms. The summed E-state index contributed by atoms with van der Waals surface area (Å²) < 4.78 is 0. The Morgan fingerprint density at radius 1 is 1.33 bits per heavy atom. The zero-order valence-electron chi connectivity index (χ0n) is 13.4. The van der Waals surface area contributed by atoms with Gasteiger partial charge in [0.1, 0.15) is 0 Å². The molecule has 3 N–H and O–H groups in total. The normalized spacial score (nSPS) is 13.5. The smallest absolute Gasteiger partial charge is 0.319 e. The summed E-state index contributed by atoms with van der Waals surface area (Å²) in [6.45, 7) is 7.21. The Balaban J connectivity index is 2.61. The number of benzene rings is 1. The van der Waals surface area contributed by atoms with Crippen molar-refractivity contribution in [2.24, 2.45) is 0 Å². The fraction of sp³-hybridized carbons (Fsp3) is 0.562. The summed E-state index contributed by atoms with van der Waals surface area (Å²) in [6.07, 6.45) is 2.99. The Labute approximate surface area is 132 Å². The predicted octanol–water partition coefficient (Wildman–Crippen LogP) is 3.62. The molecule has 2 atom stereocenters. The van der Waals surface area contributed by atoms with Gasteiger partial charge >= 0.3 is 6.03 Å². The zero-order valence-corrected chi connectivity index (χ0v) is 14.2. The third kappa shape index (κ3) is 6.40. The molecule has 2 amide bonds. The Kier molecular flexibility index (Phi) is 8.23. The summed E-state index contributed by atoms with van der Waals surface area (Å²) in [5.74, 6) is 0.932. The number of hydrogen-bond acceptors (Lipinski definition) is 3. The lowest BCUT2D eigenvalue weighted by atomic mass is 10.1. The van der Waals surface area contributed by atoms with E-state index in [0.717, 1.165) is 24.4 Å². The highest BCUT2D eigenvalue weighted by Crippen LogP contribution is 2.17. The van der Waals surface area contributed by atoms with Gasteiger partial charge in [-0.3, -0.25) is 0 Å². The van der Waals surface area contributed by atoms with Crippen LogP contribution in [0, 0.1) is 0 Å². The van der Waals surface area contributed by atoms with Crippen LogP contribution in [0.2, 0.25) is 0 Å². The highest BCUT2D eigenvalue weighted by Gasteiger charge is 2.10. The van der Waals surface area contributed by atoms with Crippen LogP contribution in [0.25, 0.3) is 0 Å². The molecule has 0 bridgehead atoms.